The van der Waals surface area contributed by atoms with Gasteiger partial charge in [-0.25, -0.2) is 0 Å². The first-order valence-corrected chi connectivity index (χ1v) is 11.1. The Kier molecular flexibility index (Phi) is 6.77. The summed E-state index contributed by atoms with van der Waals surface area (Å²) < 4.78 is 22.1. The van der Waals surface area contributed by atoms with Crippen molar-refractivity contribution in [2.75, 3.05) is 39.3 Å². The van der Waals surface area contributed by atoms with Gasteiger partial charge in [0.2, 0.25) is 5.75 Å². The molecule has 1 aliphatic heterocycles. The molecule has 1 unspecified atom stereocenters. The van der Waals surface area contributed by atoms with E-state index >= 15 is 0 Å². The Morgan fingerprint density at radius 2 is 1.81 bits per heavy atom. The predicted molar refractivity (Wildman–Crippen MR) is 126 cm³/mol. The van der Waals surface area contributed by atoms with Gasteiger partial charge in [-0.1, -0.05) is 18.2 Å². The topological polar surface area (TPSA) is 44.1 Å². The molecule has 1 aliphatic rings. The van der Waals surface area contributed by atoms with Crippen molar-refractivity contribution in [3.63, 3.8) is 0 Å². The summed E-state index contributed by atoms with van der Waals surface area (Å²) in [4.78, 5) is 3.69. The molecule has 1 atom stereocenters. The lowest BCUT2D eigenvalue weighted by Crippen LogP contribution is -2.24. The number of ether oxygens (including phenoxy) is 3. The molecular formula is C25H27NO4S. The van der Waals surface area contributed by atoms with Crippen LogP contribution in [0.3, 0.4) is 0 Å². The minimum absolute atomic E-state index is 0.272. The molecule has 31 heavy (non-hydrogen) atoms. The summed E-state index contributed by atoms with van der Waals surface area (Å²) >= 11 is 1.88. The number of thioether (sulfide) groups is 1. The zero-order chi connectivity index (χ0) is 21.6. The molecule has 2 heterocycles. The van der Waals surface area contributed by atoms with Gasteiger partial charge < -0.3 is 23.5 Å². The number of para-hydroxylation sites is 1. The highest BCUT2D eigenvalue weighted by Gasteiger charge is 2.25. The van der Waals surface area contributed by atoms with Crippen molar-refractivity contribution in [1.29, 1.82) is 0 Å². The molecule has 2 aromatic carbocycles. The van der Waals surface area contributed by atoms with Crippen molar-refractivity contribution in [2.45, 2.75) is 16.6 Å². The van der Waals surface area contributed by atoms with Gasteiger partial charge in [-0.15, -0.1) is 11.8 Å². The Balaban J connectivity index is 1.61. The molecule has 1 aromatic heterocycles. The molecule has 0 bridgehead atoms. The third-order valence-electron chi connectivity index (χ3n) is 5.35. The number of furan rings is 1. The van der Waals surface area contributed by atoms with Gasteiger partial charge in [-0.3, -0.25) is 0 Å². The quantitative estimate of drug-likeness (QED) is 0.447. The first-order chi connectivity index (χ1) is 15.2. The van der Waals surface area contributed by atoms with E-state index in [4.69, 9.17) is 18.6 Å². The first-order valence-electron chi connectivity index (χ1n) is 10.2. The van der Waals surface area contributed by atoms with Crippen LogP contribution in [0.1, 0.15) is 23.0 Å². The molecule has 6 heteroatoms. The van der Waals surface area contributed by atoms with E-state index < -0.39 is 0 Å². The Labute approximate surface area is 187 Å². The molecule has 0 fully saturated rings. The summed E-state index contributed by atoms with van der Waals surface area (Å²) in [6, 6.07) is 16.6. The lowest BCUT2D eigenvalue weighted by atomic mass is 10.1. The van der Waals surface area contributed by atoms with Gasteiger partial charge in [0.25, 0.3) is 0 Å². The molecular weight excluding hydrogens is 410 g/mol. The van der Waals surface area contributed by atoms with Crippen molar-refractivity contribution in [2.24, 2.45) is 0 Å². The van der Waals surface area contributed by atoms with Crippen LogP contribution in [0.2, 0.25) is 0 Å². The van der Waals surface area contributed by atoms with Crippen LogP contribution in [0.4, 0.5) is 5.69 Å². The fourth-order valence-corrected chi connectivity index (χ4v) is 5.09. The van der Waals surface area contributed by atoms with Gasteiger partial charge in [0, 0.05) is 23.2 Å². The Bertz CT molecular complexity index is 1010. The van der Waals surface area contributed by atoms with E-state index in [9.17, 15) is 0 Å². The number of hydrogen-bond donors (Lipinski definition) is 0. The van der Waals surface area contributed by atoms with Crippen LogP contribution in [0.25, 0.3) is 6.08 Å². The number of fused-ring (bicyclic) bond motifs is 1. The van der Waals surface area contributed by atoms with Crippen LogP contribution in [-0.4, -0.2) is 34.4 Å². The molecule has 5 nitrogen and oxygen atoms in total. The monoisotopic (exact) mass is 437 g/mol. The SMILES string of the molecule is COc1cc(C2CCN(C/C=C/c3ccco3)c3ccccc3S2)cc(OC)c1OC. The fourth-order valence-electron chi connectivity index (χ4n) is 3.82. The second-order valence-electron chi connectivity index (χ2n) is 7.19. The van der Waals surface area contributed by atoms with Gasteiger partial charge in [0.05, 0.1) is 33.3 Å². The minimum Gasteiger partial charge on any atom is -0.493 e. The van der Waals surface area contributed by atoms with Gasteiger partial charge in [0.15, 0.2) is 11.5 Å². The summed E-state index contributed by atoms with van der Waals surface area (Å²) in [7, 11) is 4.94. The zero-order valence-electron chi connectivity index (χ0n) is 18.0. The average Bonchev–Trinajstić information content (AvgIpc) is 3.26. The second kappa shape index (κ2) is 9.88. The molecule has 162 valence electrons. The second-order valence-corrected chi connectivity index (χ2v) is 8.43. The average molecular weight is 438 g/mol. The highest BCUT2D eigenvalue weighted by molar-refractivity contribution is 7.99. The van der Waals surface area contributed by atoms with Crippen molar-refractivity contribution in [3.8, 4) is 17.2 Å². The molecule has 0 saturated carbocycles. The number of benzene rings is 2. The molecule has 0 spiro atoms. The maximum atomic E-state index is 5.58. The summed E-state index contributed by atoms with van der Waals surface area (Å²) in [6.07, 6.45) is 6.86. The number of methoxy groups -OCH3 is 3. The van der Waals surface area contributed by atoms with E-state index in [2.05, 4.69) is 47.4 Å². The van der Waals surface area contributed by atoms with Crippen LogP contribution >= 0.6 is 11.8 Å². The van der Waals surface area contributed by atoms with E-state index in [-0.39, 0.29) is 5.25 Å². The molecule has 4 rings (SSSR count). The smallest absolute Gasteiger partial charge is 0.203 e. The number of anilines is 1. The third kappa shape index (κ3) is 4.69. The third-order valence-corrected chi connectivity index (χ3v) is 6.74. The maximum Gasteiger partial charge on any atom is 0.203 e. The van der Waals surface area contributed by atoms with Gasteiger partial charge in [0.1, 0.15) is 5.76 Å². The van der Waals surface area contributed by atoms with E-state index in [1.165, 1.54) is 16.1 Å². The minimum atomic E-state index is 0.272. The first kappa shape index (κ1) is 21.2. The number of nitrogens with zero attached hydrogens (tertiary/aromatic N) is 1. The fraction of sp³-hybridized carbons (Fsp3) is 0.280. The van der Waals surface area contributed by atoms with Crippen molar-refractivity contribution < 1.29 is 18.6 Å². The van der Waals surface area contributed by atoms with Gasteiger partial charge in [-0.2, -0.15) is 0 Å². The van der Waals surface area contributed by atoms with Crippen LogP contribution in [0.5, 0.6) is 17.2 Å². The van der Waals surface area contributed by atoms with Crippen LogP contribution in [-0.2, 0) is 0 Å². The molecule has 0 N–H and O–H groups in total. The van der Waals surface area contributed by atoms with Crippen molar-refractivity contribution in [3.05, 3.63) is 72.2 Å². The molecule has 0 saturated heterocycles. The van der Waals surface area contributed by atoms with E-state index in [0.717, 1.165) is 25.3 Å². The molecule has 0 amide bonds. The summed E-state index contributed by atoms with van der Waals surface area (Å²) in [5, 5.41) is 0.272. The normalized spacial score (nSPS) is 16.1. The maximum absolute atomic E-state index is 5.58. The van der Waals surface area contributed by atoms with Crippen LogP contribution in [0.15, 0.2) is 70.2 Å². The predicted octanol–water partition coefficient (Wildman–Crippen LogP) is 6.06. The van der Waals surface area contributed by atoms with Gasteiger partial charge in [-0.05, 0) is 54.5 Å². The van der Waals surface area contributed by atoms with Crippen molar-refractivity contribution >= 4 is 23.5 Å². The number of hydrogen-bond acceptors (Lipinski definition) is 6. The highest BCUT2D eigenvalue weighted by Crippen LogP contribution is 2.48. The Hall–Kier alpha value is -2.99. The van der Waals surface area contributed by atoms with Crippen LogP contribution in [0, 0.1) is 0 Å². The molecule has 0 radical (unpaired) electrons. The Morgan fingerprint density at radius 3 is 2.48 bits per heavy atom. The van der Waals surface area contributed by atoms with Gasteiger partial charge >= 0.3 is 0 Å². The number of rotatable bonds is 7. The van der Waals surface area contributed by atoms with Crippen LogP contribution < -0.4 is 19.1 Å². The summed E-state index contributed by atoms with van der Waals surface area (Å²) in [6.45, 7) is 1.76. The van der Waals surface area contributed by atoms with E-state index in [1.54, 1.807) is 27.6 Å². The summed E-state index contributed by atoms with van der Waals surface area (Å²) in [5.41, 5.74) is 2.42. The Morgan fingerprint density at radius 1 is 1.03 bits per heavy atom. The zero-order valence-corrected chi connectivity index (χ0v) is 18.9. The largest absolute Gasteiger partial charge is 0.493 e. The van der Waals surface area contributed by atoms with E-state index in [0.29, 0.717) is 17.2 Å². The lowest BCUT2D eigenvalue weighted by molar-refractivity contribution is 0.323. The molecule has 0 aliphatic carbocycles. The van der Waals surface area contributed by atoms with Crippen molar-refractivity contribution in [1.82, 2.24) is 0 Å². The lowest BCUT2D eigenvalue weighted by Gasteiger charge is -2.23. The standard InChI is InChI=1S/C25H27NO4S/c1-27-21-16-18(17-22(28-2)25(21)29-3)23-12-14-26(13-6-8-19-9-7-15-30-19)20-10-4-5-11-24(20)31-23/h4-11,15-17,23H,12-14H2,1-3H3/b8-6+. The highest BCUT2D eigenvalue weighted by atomic mass is 32.2. The van der Waals surface area contributed by atoms with E-state index in [1.807, 2.05) is 30.0 Å². The molecule has 3 aromatic rings. The summed E-state index contributed by atoms with van der Waals surface area (Å²) in [5.74, 6) is 2.87.